The SMILES string of the molecule is COCC(O)CNC(=O)CCS. The van der Waals surface area contributed by atoms with Crippen LogP contribution in [-0.4, -0.2) is 43.1 Å². The summed E-state index contributed by atoms with van der Waals surface area (Å²) in [4.78, 5) is 10.8. The molecule has 0 rings (SSSR count). The van der Waals surface area contributed by atoms with Crippen LogP contribution in [0.2, 0.25) is 0 Å². The Kier molecular flexibility index (Phi) is 7.23. The van der Waals surface area contributed by atoms with Gasteiger partial charge in [-0.25, -0.2) is 0 Å². The van der Waals surface area contributed by atoms with Crippen molar-refractivity contribution in [2.24, 2.45) is 0 Å². The maximum absolute atomic E-state index is 10.8. The Balaban J connectivity index is 3.33. The van der Waals surface area contributed by atoms with Gasteiger partial charge in [-0.2, -0.15) is 12.6 Å². The van der Waals surface area contributed by atoms with E-state index in [1.54, 1.807) is 0 Å². The van der Waals surface area contributed by atoms with Crippen molar-refractivity contribution >= 4 is 18.5 Å². The Hall–Kier alpha value is -0.260. The minimum Gasteiger partial charge on any atom is -0.389 e. The predicted octanol–water partition coefficient (Wildman–Crippen LogP) is -0.570. The molecule has 0 heterocycles. The van der Waals surface area contributed by atoms with E-state index in [2.05, 4.69) is 22.7 Å². The predicted molar refractivity (Wildman–Crippen MR) is 49.4 cm³/mol. The minimum absolute atomic E-state index is 0.0971. The fourth-order valence-corrected chi connectivity index (χ4v) is 0.876. The highest BCUT2D eigenvalue weighted by Crippen LogP contribution is 1.85. The second-order valence-electron chi connectivity index (χ2n) is 2.39. The lowest BCUT2D eigenvalue weighted by atomic mass is 10.3. The Labute approximate surface area is 77.7 Å². The Morgan fingerprint density at radius 2 is 2.42 bits per heavy atom. The highest BCUT2D eigenvalue weighted by molar-refractivity contribution is 7.80. The number of hydrogen-bond donors (Lipinski definition) is 3. The summed E-state index contributed by atoms with van der Waals surface area (Å²) in [5.74, 6) is 0.423. The molecule has 0 bridgehead atoms. The molecule has 0 aliphatic heterocycles. The lowest BCUT2D eigenvalue weighted by Gasteiger charge is -2.09. The van der Waals surface area contributed by atoms with Crippen molar-refractivity contribution in [3.63, 3.8) is 0 Å². The standard InChI is InChI=1S/C7H15NO3S/c1-11-5-6(9)4-8-7(10)2-3-12/h6,9,12H,2-5H2,1H3,(H,8,10). The van der Waals surface area contributed by atoms with E-state index in [1.807, 2.05) is 0 Å². The van der Waals surface area contributed by atoms with E-state index < -0.39 is 6.10 Å². The van der Waals surface area contributed by atoms with Gasteiger partial charge in [-0.1, -0.05) is 0 Å². The van der Waals surface area contributed by atoms with E-state index >= 15 is 0 Å². The number of hydrogen-bond acceptors (Lipinski definition) is 4. The summed E-state index contributed by atoms with van der Waals surface area (Å²) in [6, 6.07) is 0. The van der Waals surface area contributed by atoms with Crippen molar-refractivity contribution in [1.29, 1.82) is 0 Å². The van der Waals surface area contributed by atoms with Gasteiger partial charge in [0, 0.05) is 20.1 Å². The maximum Gasteiger partial charge on any atom is 0.220 e. The van der Waals surface area contributed by atoms with Crippen molar-refractivity contribution in [2.75, 3.05) is 26.0 Å². The zero-order valence-electron chi connectivity index (χ0n) is 7.12. The first kappa shape index (κ1) is 11.7. The van der Waals surface area contributed by atoms with Crippen LogP contribution in [0.25, 0.3) is 0 Å². The van der Waals surface area contributed by atoms with Gasteiger partial charge in [-0.05, 0) is 5.75 Å². The maximum atomic E-state index is 10.8. The molecule has 5 heteroatoms. The molecule has 72 valence electrons. The summed E-state index contributed by atoms with van der Waals surface area (Å²) < 4.78 is 4.68. The largest absolute Gasteiger partial charge is 0.389 e. The number of thiol groups is 1. The summed E-state index contributed by atoms with van der Waals surface area (Å²) in [5.41, 5.74) is 0. The van der Waals surface area contributed by atoms with Crippen LogP contribution in [0, 0.1) is 0 Å². The second kappa shape index (κ2) is 7.39. The van der Waals surface area contributed by atoms with Crippen molar-refractivity contribution in [1.82, 2.24) is 5.32 Å². The Morgan fingerprint density at radius 1 is 1.75 bits per heavy atom. The van der Waals surface area contributed by atoms with Crippen LogP contribution in [0.5, 0.6) is 0 Å². The second-order valence-corrected chi connectivity index (χ2v) is 2.83. The molecule has 0 spiro atoms. The molecule has 0 aliphatic carbocycles. The topological polar surface area (TPSA) is 58.6 Å². The summed E-state index contributed by atoms with van der Waals surface area (Å²) in [6.45, 7) is 0.474. The van der Waals surface area contributed by atoms with Crippen LogP contribution in [0.15, 0.2) is 0 Å². The molecule has 0 aromatic carbocycles. The van der Waals surface area contributed by atoms with Gasteiger partial charge in [-0.3, -0.25) is 4.79 Å². The first-order chi connectivity index (χ1) is 5.70. The third kappa shape index (κ3) is 6.45. The van der Waals surface area contributed by atoms with Crippen LogP contribution in [0.1, 0.15) is 6.42 Å². The normalized spacial score (nSPS) is 12.6. The fourth-order valence-electron chi connectivity index (χ4n) is 0.673. The molecule has 2 N–H and O–H groups in total. The lowest BCUT2D eigenvalue weighted by Crippen LogP contribution is -2.34. The van der Waals surface area contributed by atoms with E-state index in [9.17, 15) is 4.79 Å². The molecule has 0 fully saturated rings. The number of methoxy groups -OCH3 is 1. The number of aliphatic hydroxyl groups excluding tert-OH is 1. The summed E-state index contributed by atoms with van der Waals surface area (Å²) >= 11 is 3.90. The molecule has 0 saturated carbocycles. The highest BCUT2D eigenvalue weighted by Gasteiger charge is 2.04. The molecule has 0 saturated heterocycles. The molecule has 1 amide bonds. The van der Waals surface area contributed by atoms with Crippen LogP contribution in [-0.2, 0) is 9.53 Å². The van der Waals surface area contributed by atoms with Gasteiger partial charge in [0.1, 0.15) is 0 Å². The number of carbonyl (C=O) groups excluding carboxylic acids is 1. The van der Waals surface area contributed by atoms with Gasteiger partial charge in [0.15, 0.2) is 0 Å². The molecule has 0 radical (unpaired) electrons. The molecule has 1 atom stereocenters. The monoisotopic (exact) mass is 193 g/mol. The average Bonchev–Trinajstić information content (AvgIpc) is 2.02. The summed E-state index contributed by atoms with van der Waals surface area (Å²) in [7, 11) is 1.50. The Bertz CT molecular complexity index is 132. The third-order valence-electron chi connectivity index (χ3n) is 1.23. The first-order valence-corrected chi connectivity index (χ1v) is 4.38. The van der Waals surface area contributed by atoms with Gasteiger partial charge < -0.3 is 15.2 Å². The average molecular weight is 193 g/mol. The number of rotatable bonds is 6. The van der Waals surface area contributed by atoms with E-state index in [-0.39, 0.29) is 19.1 Å². The molecule has 0 aromatic heterocycles. The van der Waals surface area contributed by atoms with Gasteiger partial charge in [0.25, 0.3) is 0 Å². The van der Waals surface area contributed by atoms with E-state index in [4.69, 9.17) is 5.11 Å². The third-order valence-corrected chi connectivity index (χ3v) is 1.46. The summed E-state index contributed by atoms with van der Waals surface area (Å²) in [6.07, 6.45) is -0.248. The van der Waals surface area contributed by atoms with Gasteiger partial charge in [0.2, 0.25) is 5.91 Å². The number of carbonyl (C=O) groups is 1. The van der Waals surface area contributed by atoms with Gasteiger partial charge in [0.05, 0.1) is 12.7 Å². The van der Waals surface area contributed by atoms with E-state index in [1.165, 1.54) is 7.11 Å². The quantitative estimate of drug-likeness (QED) is 0.495. The highest BCUT2D eigenvalue weighted by atomic mass is 32.1. The van der Waals surface area contributed by atoms with E-state index in [0.717, 1.165) is 0 Å². The summed E-state index contributed by atoms with van der Waals surface area (Å²) in [5, 5.41) is 11.7. The molecule has 0 aromatic rings. The van der Waals surface area contributed by atoms with Crippen molar-refractivity contribution in [3.8, 4) is 0 Å². The van der Waals surface area contributed by atoms with Crippen LogP contribution < -0.4 is 5.32 Å². The first-order valence-electron chi connectivity index (χ1n) is 3.75. The van der Waals surface area contributed by atoms with Gasteiger partial charge >= 0.3 is 0 Å². The zero-order valence-corrected chi connectivity index (χ0v) is 8.01. The molecule has 0 aliphatic rings. The molecule has 12 heavy (non-hydrogen) atoms. The number of aliphatic hydroxyl groups is 1. The number of ether oxygens (including phenoxy) is 1. The van der Waals surface area contributed by atoms with E-state index in [0.29, 0.717) is 12.2 Å². The molecular weight excluding hydrogens is 178 g/mol. The molecular formula is C7H15NO3S. The number of amides is 1. The molecule has 4 nitrogen and oxygen atoms in total. The fraction of sp³-hybridized carbons (Fsp3) is 0.857. The van der Waals surface area contributed by atoms with Crippen molar-refractivity contribution in [3.05, 3.63) is 0 Å². The van der Waals surface area contributed by atoms with Gasteiger partial charge in [-0.15, -0.1) is 0 Å². The molecule has 1 unspecified atom stereocenters. The van der Waals surface area contributed by atoms with Crippen LogP contribution in [0.4, 0.5) is 0 Å². The van der Waals surface area contributed by atoms with Crippen molar-refractivity contribution < 1.29 is 14.6 Å². The Morgan fingerprint density at radius 3 is 2.92 bits per heavy atom. The minimum atomic E-state index is -0.626. The smallest absolute Gasteiger partial charge is 0.220 e. The van der Waals surface area contributed by atoms with Crippen molar-refractivity contribution in [2.45, 2.75) is 12.5 Å². The zero-order chi connectivity index (χ0) is 9.40. The number of nitrogens with one attached hydrogen (secondary N) is 1. The lowest BCUT2D eigenvalue weighted by molar-refractivity contribution is -0.121. The van der Waals surface area contributed by atoms with Crippen LogP contribution >= 0.6 is 12.6 Å². The van der Waals surface area contributed by atoms with Crippen LogP contribution in [0.3, 0.4) is 0 Å².